The van der Waals surface area contributed by atoms with Gasteiger partial charge in [-0.05, 0) is 58.0 Å². The summed E-state index contributed by atoms with van der Waals surface area (Å²) < 4.78 is 17.8. The lowest BCUT2D eigenvalue weighted by Gasteiger charge is -2.15. The van der Waals surface area contributed by atoms with Crippen molar-refractivity contribution in [1.82, 2.24) is 9.99 Å². The Hall–Kier alpha value is -4.07. The van der Waals surface area contributed by atoms with E-state index in [9.17, 15) is 9.59 Å². The monoisotopic (exact) mass is 463 g/mol. The number of hydrazone groups is 1. The van der Waals surface area contributed by atoms with E-state index in [2.05, 4.69) is 10.5 Å². The highest BCUT2D eigenvalue weighted by Gasteiger charge is 2.18. The number of carbonyl (C=O) groups excluding carboxylic acids is 2. The highest BCUT2D eigenvalue weighted by molar-refractivity contribution is 5.96. The van der Waals surface area contributed by atoms with Crippen LogP contribution in [0.25, 0.3) is 5.69 Å². The maximum atomic E-state index is 12.6. The fraction of sp³-hybridized carbons (Fsp3) is 0.269. The smallest absolute Gasteiger partial charge is 0.340 e. The van der Waals surface area contributed by atoms with Gasteiger partial charge >= 0.3 is 5.97 Å². The summed E-state index contributed by atoms with van der Waals surface area (Å²) in [4.78, 5) is 25.2. The van der Waals surface area contributed by atoms with Gasteiger partial charge in [0.25, 0.3) is 5.91 Å². The minimum Gasteiger partial charge on any atom is -0.497 e. The zero-order valence-electron chi connectivity index (χ0n) is 20.2. The number of ether oxygens (including phenoxy) is 3. The summed E-state index contributed by atoms with van der Waals surface area (Å²) in [6.45, 7) is 7.50. The van der Waals surface area contributed by atoms with Crippen LogP contribution < -0.4 is 14.9 Å². The summed E-state index contributed by atoms with van der Waals surface area (Å²) in [6.07, 6.45) is 1.35. The zero-order chi connectivity index (χ0) is 24.8. The number of nitrogens with one attached hydrogen (secondary N) is 1. The van der Waals surface area contributed by atoms with Crippen LogP contribution in [0.4, 0.5) is 0 Å². The van der Waals surface area contributed by atoms with Crippen molar-refractivity contribution in [2.75, 3.05) is 14.2 Å². The summed E-state index contributed by atoms with van der Waals surface area (Å²) in [5.41, 5.74) is 6.66. The van der Waals surface area contributed by atoms with E-state index in [1.165, 1.54) is 14.2 Å². The fourth-order valence-corrected chi connectivity index (χ4v) is 3.57. The molecule has 1 aromatic heterocycles. The maximum absolute atomic E-state index is 12.6. The van der Waals surface area contributed by atoms with E-state index in [1.807, 2.05) is 50.5 Å². The van der Waals surface area contributed by atoms with Gasteiger partial charge in [0.15, 0.2) is 0 Å². The number of aromatic nitrogens is 1. The van der Waals surface area contributed by atoms with Crippen LogP contribution in [-0.2, 0) is 4.74 Å². The number of amides is 1. The van der Waals surface area contributed by atoms with Crippen LogP contribution in [0.2, 0.25) is 0 Å². The van der Waals surface area contributed by atoms with Crippen molar-refractivity contribution in [2.45, 2.75) is 33.8 Å². The maximum Gasteiger partial charge on any atom is 0.340 e. The Labute approximate surface area is 199 Å². The molecule has 0 radical (unpaired) electrons. The van der Waals surface area contributed by atoms with Crippen molar-refractivity contribution in [3.63, 3.8) is 0 Å². The number of rotatable bonds is 8. The number of benzene rings is 2. The van der Waals surface area contributed by atoms with Crippen LogP contribution >= 0.6 is 0 Å². The summed E-state index contributed by atoms with van der Waals surface area (Å²) in [7, 11) is 3.04. The largest absolute Gasteiger partial charge is 0.497 e. The van der Waals surface area contributed by atoms with E-state index >= 15 is 0 Å². The topological polar surface area (TPSA) is 91.1 Å². The van der Waals surface area contributed by atoms with Crippen LogP contribution in [-0.4, -0.2) is 43.0 Å². The van der Waals surface area contributed by atoms with Crippen LogP contribution in [0, 0.1) is 13.8 Å². The Balaban J connectivity index is 1.85. The van der Waals surface area contributed by atoms with E-state index < -0.39 is 5.91 Å². The van der Waals surface area contributed by atoms with Crippen LogP contribution in [0.3, 0.4) is 0 Å². The second-order valence-electron chi connectivity index (χ2n) is 7.93. The number of carbonyl (C=O) groups is 2. The van der Waals surface area contributed by atoms with Crippen molar-refractivity contribution >= 4 is 18.1 Å². The molecule has 34 heavy (non-hydrogen) atoms. The summed E-state index contributed by atoms with van der Waals surface area (Å²) in [5.74, 6) is 0.233. The molecule has 8 nitrogen and oxygen atoms in total. The number of methoxy groups -OCH3 is 2. The molecular formula is C26H29N3O5. The lowest BCUT2D eigenvalue weighted by atomic mass is 10.1. The Morgan fingerprint density at radius 1 is 1.00 bits per heavy atom. The third-order valence-electron chi connectivity index (χ3n) is 5.16. The quantitative estimate of drug-likeness (QED) is 0.303. The normalized spacial score (nSPS) is 11.0. The molecule has 0 atom stereocenters. The van der Waals surface area contributed by atoms with Gasteiger partial charge in [0, 0.05) is 28.6 Å². The number of hydrogen-bond donors (Lipinski definition) is 1. The highest BCUT2D eigenvalue weighted by Crippen LogP contribution is 2.24. The molecule has 0 aliphatic heterocycles. The molecule has 3 aromatic rings. The molecule has 0 aliphatic carbocycles. The third kappa shape index (κ3) is 5.46. The molecule has 0 fully saturated rings. The summed E-state index contributed by atoms with van der Waals surface area (Å²) >= 11 is 0. The van der Waals surface area contributed by atoms with Gasteiger partial charge in [0.1, 0.15) is 11.5 Å². The van der Waals surface area contributed by atoms with Crippen molar-refractivity contribution in [3.8, 4) is 17.2 Å². The van der Waals surface area contributed by atoms with Crippen molar-refractivity contribution in [3.05, 3.63) is 76.6 Å². The standard InChI is InChI=1S/C26H29N3O5/c1-16(2)34-26(31)23-9-7-8-10-24(23)29-17(3)11-20(18(29)4)15-27-28-25(30)19-12-21(32-5)14-22(13-19)33-6/h7-16H,1-6H3,(H,28,30)/b27-15-. The molecule has 8 heteroatoms. The molecule has 1 heterocycles. The zero-order valence-corrected chi connectivity index (χ0v) is 20.2. The predicted octanol–water partition coefficient (Wildman–Crippen LogP) is 4.44. The number of para-hydroxylation sites is 1. The molecule has 3 rings (SSSR count). The Morgan fingerprint density at radius 3 is 2.26 bits per heavy atom. The molecule has 0 saturated heterocycles. The Morgan fingerprint density at radius 2 is 1.65 bits per heavy atom. The minimum atomic E-state index is -0.399. The lowest BCUT2D eigenvalue weighted by molar-refractivity contribution is 0.0378. The van der Waals surface area contributed by atoms with Crippen LogP contribution in [0.15, 0.2) is 53.6 Å². The van der Waals surface area contributed by atoms with E-state index in [4.69, 9.17) is 14.2 Å². The van der Waals surface area contributed by atoms with Crippen LogP contribution in [0.1, 0.15) is 51.5 Å². The molecule has 1 N–H and O–H groups in total. The van der Waals surface area contributed by atoms with Gasteiger partial charge in [0.05, 0.1) is 37.8 Å². The third-order valence-corrected chi connectivity index (χ3v) is 5.16. The molecule has 0 aliphatic rings. The van der Waals surface area contributed by atoms with Crippen molar-refractivity contribution < 1.29 is 23.8 Å². The first-order valence-corrected chi connectivity index (χ1v) is 10.8. The van der Waals surface area contributed by atoms with Crippen molar-refractivity contribution in [2.24, 2.45) is 5.10 Å². The highest BCUT2D eigenvalue weighted by atomic mass is 16.5. The first-order valence-electron chi connectivity index (χ1n) is 10.8. The van der Waals surface area contributed by atoms with Gasteiger partial charge in [-0.3, -0.25) is 4.79 Å². The SMILES string of the molecule is COc1cc(OC)cc(C(=O)N/N=C\c2cc(C)n(-c3ccccc3C(=O)OC(C)C)c2C)c1. The molecule has 0 spiro atoms. The summed E-state index contributed by atoms with van der Waals surface area (Å²) in [5, 5.41) is 4.12. The van der Waals surface area contributed by atoms with Crippen molar-refractivity contribution in [1.29, 1.82) is 0 Å². The summed E-state index contributed by atoms with van der Waals surface area (Å²) in [6, 6.07) is 14.1. The van der Waals surface area contributed by atoms with Gasteiger partial charge in [-0.2, -0.15) is 5.10 Å². The van der Waals surface area contributed by atoms with Gasteiger partial charge < -0.3 is 18.8 Å². The average molecular weight is 464 g/mol. The molecule has 0 bridgehead atoms. The van der Waals surface area contributed by atoms with Crippen LogP contribution in [0.5, 0.6) is 11.5 Å². The first-order chi connectivity index (χ1) is 16.2. The Bertz CT molecular complexity index is 1200. The van der Waals surface area contributed by atoms with E-state index in [0.29, 0.717) is 22.6 Å². The fourth-order valence-electron chi connectivity index (χ4n) is 3.57. The number of aryl methyl sites for hydroxylation is 1. The minimum absolute atomic E-state index is 0.219. The van der Waals surface area contributed by atoms with Gasteiger partial charge in [-0.1, -0.05) is 12.1 Å². The molecule has 2 aromatic carbocycles. The second kappa shape index (κ2) is 10.7. The first kappa shape index (κ1) is 24.6. The van der Waals surface area contributed by atoms with E-state index in [1.54, 1.807) is 36.5 Å². The van der Waals surface area contributed by atoms with Gasteiger partial charge in [-0.25, -0.2) is 10.2 Å². The van der Waals surface area contributed by atoms with E-state index in [-0.39, 0.29) is 12.1 Å². The lowest BCUT2D eigenvalue weighted by Crippen LogP contribution is -2.18. The molecule has 0 saturated carbocycles. The molecule has 178 valence electrons. The van der Waals surface area contributed by atoms with E-state index in [0.717, 1.165) is 22.6 Å². The predicted molar refractivity (Wildman–Crippen MR) is 130 cm³/mol. The number of esters is 1. The number of hydrogen-bond acceptors (Lipinski definition) is 6. The second-order valence-corrected chi connectivity index (χ2v) is 7.93. The average Bonchev–Trinajstić information content (AvgIpc) is 3.10. The number of nitrogens with zero attached hydrogens (tertiary/aromatic N) is 2. The van der Waals surface area contributed by atoms with Gasteiger partial charge in [-0.15, -0.1) is 0 Å². The molecule has 1 amide bonds. The molecular weight excluding hydrogens is 434 g/mol. The van der Waals surface area contributed by atoms with Gasteiger partial charge in [0.2, 0.25) is 0 Å². The molecule has 0 unspecified atom stereocenters. The Kier molecular flexibility index (Phi) is 7.73.